The van der Waals surface area contributed by atoms with E-state index in [1.165, 1.54) is 15.6 Å². The summed E-state index contributed by atoms with van der Waals surface area (Å²) in [6.45, 7) is 9.31. The van der Waals surface area contributed by atoms with Gasteiger partial charge in [-0.05, 0) is 56.9 Å². The highest BCUT2D eigenvalue weighted by Crippen LogP contribution is 2.25. The number of aromatic nitrogens is 1. The van der Waals surface area contributed by atoms with E-state index in [1.807, 2.05) is 44.2 Å². The number of benzene rings is 2. The number of rotatable bonds is 11. The number of aliphatic hydroxyl groups excluding tert-OH is 1. The second-order valence-corrected chi connectivity index (χ2v) is 13.2. The third-order valence-corrected chi connectivity index (χ3v) is 8.63. The van der Waals surface area contributed by atoms with E-state index in [1.54, 1.807) is 44.5 Å². The van der Waals surface area contributed by atoms with Crippen molar-refractivity contribution in [1.82, 2.24) is 14.6 Å². The van der Waals surface area contributed by atoms with Crippen LogP contribution < -0.4 is 5.32 Å². The Morgan fingerprint density at radius 1 is 1.16 bits per heavy atom. The number of carbonyl (C=O) groups excluding carboxylic acids is 1. The SMILES string of the molecule is CC[C@H](C)CN(C[C@@H](O)[C@H](Cc1ccccc1)NC(=O)OC(C)(C)C)S(=O)(=O)c1ccc2ncsc2c1. The maximum absolute atomic E-state index is 13.8. The summed E-state index contributed by atoms with van der Waals surface area (Å²) in [6.07, 6.45) is -0.761. The molecular weight excluding hydrogens is 510 g/mol. The molecule has 2 aromatic carbocycles. The number of nitrogens with zero attached hydrogens (tertiary/aromatic N) is 2. The molecule has 8 nitrogen and oxygen atoms in total. The number of thiazole rings is 1. The molecule has 3 aromatic rings. The van der Waals surface area contributed by atoms with Gasteiger partial charge in [-0.2, -0.15) is 4.31 Å². The van der Waals surface area contributed by atoms with Gasteiger partial charge in [-0.25, -0.2) is 18.2 Å². The number of alkyl carbamates (subject to hydrolysis) is 1. The van der Waals surface area contributed by atoms with E-state index in [9.17, 15) is 18.3 Å². The van der Waals surface area contributed by atoms with Crippen molar-refractivity contribution in [1.29, 1.82) is 0 Å². The van der Waals surface area contributed by atoms with Gasteiger partial charge in [-0.3, -0.25) is 0 Å². The summed E-state index contributed by atoms with van der Waals surface area (Å²) in [6, 6.07) is 13.5. The van der Waals surface area contributed by atoms with E-state index in [4.69, 9.17) is 4.74 Å². The zero-order valence-electron chi connectivity index (χ0n) is 22.0. The number of fused-ring (bicyclic) bond motifs is 1. The Bertz CT molecular complexity index is 1270. The molecule has 1 amide bonds. The van der Waals surface area contributed by atoms with E-state index in [2.05, 4.69) is 10.3 Å². The summed E-state index contributed by atoms with van der Waals surface area (Å²) in [5.41, 5.74) is 2.60. The monoisotopic (exact) mass is 547 g/mol. The molecule has 0 spiro atoms. The highest BCUT2D eigenvalue weighted by molar-refractivity contribution is 7.89. The molecule has 37 heavy (non-hydrogen) atoms. The van der Waals surface area contributed by atoms with Crippen molar-refractivity contribution in [3.63, 3.8) is 0 Å². The lowest BCUT2D eigenvalue weighted by Gasteiger charge is -2.31. The maximum atomic E-state index is 13.8. The Balaban J connectivity index is 1.89. The molecule has 0 aliphatic rings. The van der Waals surface area contributed by atoms with Crippen molar-refractivity contribution in [2.24, 2.45) is 5.92 Å². The fourth-order valence-electron chi connectivity index (χ4n) is 3.84. The summed E-state index contributed by atoms with van der Waals surface area (Å²) in [5.74, 6) is 0.0699. The molecule has 0 radical (unpaired) electrons. The van der Waals surface area contributed by atoms with Crippen LogP contribution in [0.2, 0.25) is 0 Å². The molecule has 0 unspecified atom stereocenters. The lowest BCUT2D eigenvalue weighted by atomic mass is 10.0. The van der Waals surface area contributed by atoms with Crippen molar-refractivity contribution in [2.45, 2.75) is 70.1 Å². The average Bonchev–Trinajstić information content (AvgIpc) is 3.30. The van der Waals surface area contributed by atoms with Gasteiger partial charge >= 0.3 is 6.09 Å². The van der Waals surface area contributed by atoms with Crippen LogP contribution in [0.4, 0.5) is 4.79 Å². The third kappa shape index (κ3) is 8.23. The van der Waals surface area contributed by atoms with Crippen LogP contribution in [0.1, 0.15) is 46.6 Å². The topological polar surface area (TPSA) is 109 Å². The number of sulfonamides is 1. The lowest BCUT2D eigenvalue weighted by molar-refractivity contribution is 0.0399. The van der Waals surface area contributed by atoms with Gasteiger partial charge in [0.1, 0.15) is 5.60 Å². The van der Waals surface area contributed by atoms with Crippen LogP contribution in [0, 0.1) is 5.92 Å². The molecule has 0 bridgehead atoms. The van der Waals surface area contributed by atoms with Crippen molar-refractivity contribution >= 4 is 37.7 Å². The smallest absolute Gasteiger partial charge is 0.407 e. The van der Waals surface area contributed by atoms with Crippen LogP contribution in [0.5, 0.6) is 0 Å². The van der Waals surface area contributed by atoms with Crippen molar-refractivity contribution in [3.8, 4) is 0 Å². The molecule has 0 saturated heterocycles. The van der Waals surface area contributed by atoms with Crippen molar-refractivity contribution < 1.29 is 23.1 Å². The number of aliphatic hydroxyl groups is 1. The predicted molar refractivity (Wildman–Crippen MR) is 147 cm³/mol. The average molecular weight is 548 g/mol. The number of hydrogen-bond acceptors (Lipinski definition) is 7. The van der Waals surface area contributed by atoms with Crippen LogP contribution in [0.3, 0.4) is 0 Å². The lowest BCUT2D eigenvalue weighted by Crippen LogP contribution is -2.52. The molecule has 0 aliphatic heterocycles. The van der Waals surface area contributed by atoms with Crippen LogP contribution in [-0.2, 0) is 21.2 Å². The van der Waals surface area contributed by atoms with Gasteiger partial charge in [0.15, 0.2) is 0 Å². The summed E-state index contributed by atoms with van der Waals surface area (Å²) in [7, 11) is -3.93. The van der Waals surface area contributed by atoms with Gasteiger partial charge in [-0.1, -0.05) is 50.6 Å². The second kappa shape index (κ2) is 12.3. The summed E-state index contributed by atoms with van der Waals surface area (Å²) >= 11 is 1.37. The fraction of sp³-hybridized carbons (Fsp3) is 0.481. The second-order valence-electron chi connectivity index (χ2n) is 10.3. The van der Waals surface area contributed by atoms with E-state index in [0.29, 0.717) is 6.42 Å². The van der Waals surface area contributed by atoms with Gasteiger partial charge in [0.25, 0.3) is 0 Å². The van der Waals surface area contributed by atoms with Crippen LogP contribution in [0.15, 0.2) is 58.9 Å². The Kier molecular flexibility index (Phi) is 9.68. The van der Waals surface area contributed by atoms with Gasteiger partial charge in [0.2, 0.25) is 10.0 Å². The number of amides is 1. The minimum Gasteiger partial charge on any atom is -0.444 e. The maximum Gasteiger partial charge on any atom is 0.407 e. The van der Waals surface area contributed by atoms with E-state index in [0.717, 1.165) is 22.2 Å². The Labute approximate surface area is 223 Å². The first-order chi connectivity index (χ1) is 17.4. The van der Waals surface area contributed by atoms with Crippen LogP contribution in [-0.4, -0.2) is 59.7 Å². The number of hydrogen-bond donors (Lipinski definition) is 2. The van der Waals surface area contributed by atoms with Crippen molar-refractivity contribution in [2.75, 3.05) is 13.1 Å². The molecule has 1 aromatic heterocycles. The minimum absolute atomic E-state index is 0.0699. The predicted octanol–water partition coefficient (Wildman–Crippen LogP) is 4.83. The fourth-order valence-corrected chi connectivity index (χ4v) is 6.23. The quantitative estimate of drug-likeness (QED) is 0.356. The summed E-state index contributed by atoms with van der Waals surface area (Å²) in [4.78, 5) is 17.0. The molecule has 0 saturated carbocycles. The highest BCUT2D eigenvalue weighted by Gasteiger charge is 2.32. The first kappa shape index (κ1) is 29.0. The highest BCUT2D eigenvalue weighted by atomic mass is 32.2. The first-order valence-electron chi connectivity index (χ1n) is 12.4. The van der Waals surface area contributed by atoms with Crippen molar-refractivity contribution in [3.05, 3.63) is 59.6 Å². The number of nitrogens with one attached hydrogen (secondary N) is 1. The Morgan fingerprint density at radius 3 is 2.51 bits per heavy atom. The molecule has 0 aliphatic carbocycles. The first-order valence-corrected chi connectivity index (χ1v) is 14.8. The standard InChI is InChI=1S/C27H37N3O5S2/c1-6-19(2)16-30(37(33,34)21-12-13-22-25(15-21)36-18-28-22)17-24(31)23(14-20-10-8-7-9-11-20)29-26(32)35-27(3,4)5/h7-13,15,18-19,23-24,31H,6,14,16-17H2,1-5H3,(H,29,32)/t19-,23-,24+/m0/s1. The molecule has 202 valence electrons. The number of ether oxygens (including phenoxy) is 1. The summed E-state index contributed by atoms with van der Waals surface area (Å²) in [5, 5.41) is 14.1. The van der Waals surface area contributed by atoms with E-state index in [-0.39, 0.29) is 23.9 Å². The van der Waals surface area contributed by atoms with Crippen LogP contribution >= 0.6 is 11.3 Å². The van der Waals surface area contributed by atoms with Gasteiger partial charge in [-0.15, -0.1) is 11.3 Å². The van der Waals surface area contributed by atoms with E-state index < -0.39 is 33.9 Å². The molecule has 10 heteroatoms. The molecule has 2 N–H and O–H groups in total. The molecule has 3 rings (SSSR count). The molecule has 1 heterocycles. The normalized spacial score (nSPS) is 14.9. The third-order valence-electron chi connectivity index (χ3n) is 6.01. The molecular formula is C27H37N3O5S2. The largest absolute Gasteiger partial charge is 0.444 e. The molecule has 0 fully saturated rings. The minimum atomic E-state index is -3.93. The molecule has 3 atom stereocenters. The zero-order valence-corrected chi connectivity index (χ0v) is 23.7. The van der Waals surface area contributed by atoms with Gasteiger partial charge < -0.3 is 15.2 Å². The summed E-state index contributed by atoms with van der Waals surface area (Å²) < 4.78 is 35.0. The number of carbonyl (C=O) groups is 1. The van der Waals surface area contributed by atoms with Crippen LogP contribution in [0.25, 0.3) is 10.2 Å². The zero-order chi connectivity index (χ0) is 27.2. The van der Waals surface area contributed by atoms with Gasteiger partial charge in [0.05, 0.1) is 32.8 Å². The Morgan fingerprint density at radius 2 is 1.86 bits per heavy atom. The van der Waals surface area contributed by atoms with E-state index >= 15 is 0 Å². The Hall–Kier alpha value is -2.53. The van der Waals surface area contributed by atoms with Gasteiger partial charge in [0, 0.05) is 13.1 Å².